The lowest BCUT2D eigenvalue weighted by molar-refractivity contribution is 0.154. The average molecular weight is 384 g/mol. The van der Waals surface area contributed by atoms with Crippen molar-refractivity contribution < 1.29 is 13.2 Å². The van der Waals surface area contributed by atoms with E-state index in [-0.39, 0.29) is 18.4 Å². The van der Waals surface area contributed by atoms with Crippen LogP contribution in [0.2, 0.25) is 0 Å². The molecule has 0 aromatic heterocycles. The largest absolute Gasteiger partial charge is 0.379 e. The van der Waals surface area contributed by atoms with Crippen molar-refractivity contribution in [2.75, 3.05) is 38.8 Å². The summed E-state index contributed by atoms with van der Waals surface area (Å²) < 4.78 is 27.4. The SMILES string of the molecule is CN=C(NCCOCCS(C)(=O)=O)NC(C)c1ccc(CC(C)C)cc1. The minimum Gasteiger partial charge on any atom is -0.379 e. The summed E-state index contributed by atoms with van der Waals surface area (Å²) in [6.07, 6.45) is 2.29. The van der Waals surface area contributed by atoms with Crippen LogP contribution in [0, 0.1) is 5.92 Å². The molecule has 1 aromatic rings. The van der Waals surface area contributed by atoms with Crippen LogP contribution in [0.15, 0.2) is 29.3 Å². The number of ether oxygens (including phenoxy) is 1. The van der Waals surface area contributed by atoms with E-state index in [0.717, 1.165) is 6.42 Å². The van der Waals surface area contributed by atoms with E-state index in [9.17, 15) is 8.42 Å². The molecular weight excluding hydrogens is 350 g/mol. The van der Waals surface area contributed by atoms with E-state index < -0.39 is 9.84 Å². The lowest BCUT2D eigenvalue weighted by Gasteiger charge is -2.19. The summed E-state index contributed by atoms with van der Waals surface area (Å²) >= 11 is 0. The number of sulfone groups is 1. The monoisotopic (exact) mass is 383 g/mol. The quantitative estimate of drug-likeness (QED) is 0.368. The molecule has 1 unspecified atom stereocenters. The Labute approximate surface area is 158 Å². The highest BCUT2D eigenvalue weighted by Crippen LogP contribution is 2.15. The van der Waals surface area contributed by atoms with Crippen molar-refractivity contribution in [3.8, 4) is 0 Å². The molecule has 0 saturated heterocycles. The molecule has 148 valence electrons. The summed E-state index contributed by atoms with van der Waals surface area (Å²) in [5.41, 5.74) is 2.55. The maximum atomic E-state index is 11.0. The molecule has 0 aliphatic rings. The third kappa shape index (κ3) is 9.77. The van der Waals surface area contributed by atoms with Gasteiger partial charge in [0.15, 0.2) is 5.96 Å². The van der Waals surface area contributed by atoms with Crippen LogP contribution in [0.25, 0.3) is 0 Å². The van der Waals surface area contributed by atoms with Crippen molar-refractivity contribution in [1.29, 1.82) is 0 Å². The van der Waals surface area contributed by atoms with Crippen LogP contribution in [0.1, 0.15) is 37.9 Å². The fourth-order valence-corrected chi connectivity index (χ4v) is 2.87. The topological polar surface area (TPSA) is 79.8 Å². The van der Waals surface area contributed by atoms with E-state index in [1.165, 1.54) is 17.4 Å². The average Bonchev–Trinajstić information content (AvgIpc) is 2.55. The van der Waals surface area contributed by atoms with E-state index in [1.54, 1.807) is 7.05 Å². The van der Waals surface area contributed by atoms with Crippen molar-refractivity contribution >= 4 is 15.8 Å². The molecule has 0 spiro atoms. The van der Waals surface area contributed by atoms with Gasteiger partial charge in [-0.15, -0.1) is 0 Å². The second-order valence-electron chi connectivity index (χ2n) is 6.95. The lowest BCUT2D eigenvalue weighted by atomic mass is 10.00. The smallest absolute Gasteiger partial charge is 0.191 e. The summed E-state index contributed by atoms with van der Waals surface area (Å²) in [5.74, 6) is 1.39. The molecule has 1 aromatic carbocycles. The van der Waals surface area contributed by atoms with Gasteiger partial charge in [-0.3, -0.25) is 4.99 Å². The number of hydrogen-bond acceptors (Lipinski definition) is 4. The van der Waals surface area contributed by atoms with Crippen molar-refractivity contribution in [3.05, 3.63) is 35.4 Å². The van der Waals surface area contributed by atoms with Gasteiger partial charge in [0.05, 0.1) is 25.0 Å². The maximum absolute atomic E-state index is 11.0. The second-order valence-corrected chi connectivity index (χ2v) is 9.21. The lowest BCUT2D eigenvalue weighted by Crippen LogP contribution is -2.40. The first-order valence-corrected chi connectivity index (χ1v) is 11.1. The first kappa shape index (κ1) is 22.4. The molecule has 6 nitrogen and oxygen atoms in total. The van der Waals surface area contributed by atoms with E-state index in [2.05, 4.69) is 60.7 Å². The van der Waals surface area contributed by atoms with Crippen molar-refractivity contribution in [3.63, 3.8) is 0 Å². The van der Waals surface area contributed by atoms with Crippen LogP contribution in [0.4, 0.5) is 0 Å². The molecule has 0 bridgehead atoms. The third-order valence-corrected chi connectivity index (χ3v) is 4.75. The summed E-state index contributed by atoms with van der Waals surface area (Å²) in [7, 11) is -1.25. The zero-order valence-electron chi connectivity index (χ0n) is 16.6. The minimum absolute atomic E-state index is 0.0454. The summed E-state index contributed by atoms with van der Waals surface area (Å²) in [6.45, 7) is 7.73. The molecule has 0 saturated carbocycles. The maximum Gasteiger partial charge on any atom is 0.191 e. The normalized spacial score (nSPS) is 13.7. The van der Waals surface area contributed by atoms with E-state index >= 15 is 0 Å². The molecule has 2 N–H and O–H groups in total. The number of guanidine groups is 1. The van der Waals surface area contributed by atoms with Gasteiger partial charge in [-0.2, -0.15) is 0 Å². The summed E-state index contributed by atoms with van der Waals surface area (Å²) in [4.78, 5) is 4.21. The van der Waals surface area contributed by atoms with Gasteiger partial charge in [0.1, 0.15) is 9.84 Å². The number of nitrogens with one attached hydrogen (secondary N) is 2. The highest BCUT2D eigenvalue weighted by Gasteiger charge is 2.08. The third-order valence-electron chi connectivity index (χ3n) is 3.84. The summed E-state index contributed by atoms with van der Waals surface area (Å²) in [5, 5.41) is 6.52. The van der Waals surface area contributed by atoms with Crippen LogP contribution in [-0.2, 0) is 21.0 Å². The molecule has 0 heterocycles. The van der Waals surface area contributed by atoms with E-state index in [4.69, 9.17) is 4.74 Å². The van der Waals surface area contributed by atoms with Gasteiger partial charge in [-0.25, -0.2) is 8.42 Å². The molecule has 7 heteroatoms. The number of nitrogens with zero attached hydrogens (tertiary/aromatic N) is 1. The zero-order chi connectivity index (χ0) is 19.6. The first-order valence-electron chi connectivity index (χ1n) is 9.02. The van der Waals surface area contributed by atoms with Gasteiger partial charge >= 0.3 is 0 Å². The molecule has 1 rings (SSSR count). The molecule has 0 fully saturated rings. The molecular formula is C19H33N3O3S. The molecule has 0 radical (unpaired) electrons. The Bertz CT molecular complexity index is 655. The van der Waals surface area contributed by atoms with Crippen LogP contribution in [0.5, 0.6) is 0 Å². The second kappa shape index (κ2) is 11.2. The number of benzene rings is 1. The van der Waals surface area contributed by atoms with E-state index in [1.807, 2.05) is 0 Å². The van der Waals surface area contributed by atoms with Crippen molar-refractivity contribution in [1.82, 2.24) is 10.6 Å². The number of hydrogen-bond donors (Lipinski definition) is 2. The van der Waals surface area contributed by atoms with Crippen LogP contribution in [-0.4, -0.2) is 53.2 Å². The molecule has 26 heavy (non-hydrogen) atoms. The Morgan fingerprint density at radius 2 is 1.81 bits per heavy atom. The molecule has 0 aliphatic heterocycles. The highest BCUT2D eigenvalue weighted by atomic mass is 32.2. The molecule has 0 amide bonds. The van der Waals surface area contributed by atoms with Crippen LogP contribution in [0.3, 0.4) is 0 Å². The van der Waals surface area contributed by atoms with E-state index in [0.29, 0.717) is 25.0 Å². The van der Waals surface area contributed by atoms with Gasteiger partial charge in [-0.05, 0) is 30.4 Å². The predicted molar refractivity (Wildman–Crippen MR) is 108 cm³/mol. The fraction of sp³-hybridized carbons (Fsp3) is 0.632. The highest BCUT2D eigenvalue weighted by molar-refractivity contribution is 7.90. The first-order chi connectivity index (χ1) is 12.2. The van der Waals surface area contributed by atoms with Crippen LogP contribution < -0.4 is 10.6 Å². The van der Waals surface area contributed by atoms with Crippen LogP contribution >= 0.6 is 0 Å². The Morgan fingerprint density at radius 1 is 1.15 bits per heavy atom. The van der Waals surface area contributed by atoms with Gasteiger partial charge in [-0.1, -0.05) is 38.1 Å². The zero-order valence-corrected chi connectivity index (χ0v) is 17.4. The van der Waals surface area contributed by atoms with Gasteiger partial charge in [0.25, 0.3) is 0 Å². The van der Waals surface area contributed by atoms with Crippen molar-refractivity contribution in [2.45, 2.75) is 33.2 Å². The van der Waals surface area contributed by atoms with Gasteiger partial charge in [0.2, 0.25) is 0 Å². The standard InChI is InChI=1S/C19H33N3O3S/c1-15(2)14-17-6-8-18(9-7-17)16(3)22-19(20-4)21-10-11-25-12-13-26(5,23)24/h6-9,15-16H,10-14H2,1-5H3,(H2,20,21,22). The molecule has 0 aliphatic carbocycles. The number of rotatable bonds is 10. The number of aliphatic imine (C=N–C) groups is 1. The Balaban J connectivity index is 2.37. The minimum atomic E-state index is -2.97. The molecule has 1 atom stereocenters. The van der Waals surface area contributed by atoms with Gasteiger partial charge in [0, 0.05) is 19.8 Å². The van der Waals surface area contributed by atoms with Gasteiger partial charge < -0.3 is 15.4 Å². The Kier molecular flexibility index (Phi) is 9.65. The Hall–Kier alpha value is -1.60. The fourth-order valence-electron chi connectivity index (χ4n) is 2.45. The van der Waals surface area contributed by atoms with Crippen molar-refractivity contribution in [2.24, 2.45) is 10.9 Å². The summed E-state index contributed by atoms with van der Waals surface area (Å²) in [6, 6.07) is 8.78. The predicted octanol–water partition coefficient (Wildman–Crippen LogP) is 2.17. The Morgan fingerprint density at radius 3 is 2.35 bits per heavy atom.